The molecule has 0 spiro atoms. The molecule has 0 aliphatic heterocycles. The lowest BCUT2D eigenvalue weighted by molar-refractivity contribution is -0.111. The van der Waals surface area contributed by atoms with E-state index >= 15 is 0 Å². The Morgan fingerprint density at radius 1 is 1.00 bits per heavy atom. The van der Waals surface area contributed by atoms with Crippen molar-refractivity contribution in [2.75, 3.05) is 26.6 Å². The van der Waals surface area contributed by atoms with Crippen LogP contribution in [0.1, 0.15) is 5.76 Å². The molecule has 2 aromatic carbocycles. The van der Waals surface area contributed by atoms with Gasteiger partial charge in [-0.3, -0.25) is 4.79 Å². The Labute approximate surface area is 151 Å². The van der Waals surface area contributed by atoms with Gasteiger partial charge in [0.2, 0.25) is 5.91 Å². The van der Waals surface area contributed by atoms with E-state index in [0.29, 0.717) is 34.3 Å². The first-order valence-electron chi connectivity index (χ1n) is 7.92. The quantitative estimate of drug-likeness (QED) is 0.675. The summed E-state index contributed by atoms with van der Waals surface area (Å²) in [6, 6.07) is 12.6. The number of hydrogen-bond acceptors (Lipinski definition) is 5. The summed E-state index contributed by atoms with van der Waals surface area (Å²) in [6.07, 6.45) is 3.00. The topological polar surface area (TPSA) is 69.9 Å². The highest BCUT2D eigenvalue weighted by Crippen LogP contribution is 2.30. The number of ether oxygens (including phenoxy) is 3. The van der Waals surface area contributed by atoms with Crippen molar-refractivity contribution in [2.24, 2.45) is 0 Å². The van der Waals surface area contributed by atoms with Crippen molar-refractivity contribution >= 4 is 28.6 Å². The molecule has 26 heavy (non-hydrogen) atoms. The molecule has 3 rings (SSSR count). The van der Waals surface area contributed by atoms with Crippen LogP contribution < -0.4 is 19.5 Å². The number of carbonyl (C=O) groups excluding carboxylic acids is 1. The first-order valence-corrected chi connectivity index (χ1v) is 7.92. The third-order valence-electron chi connectivity index (χ3n) is 3.81. The number of rotatable bonds is 6. The molecule has 3 aromatic rings. The normalized spacial score (nSPS) is 10.9. The zero-order valence-electron chi connectivity index (χ0n) is 14.7. The lowest BCUT2D eigenvalue weighted by atomic mass is 10.2. The van der Waals surface area contributed by atoms with Gasteiger partial charge in [-0.05, 0) is 30.3 Å². The molecule has 0 atom stereocenters. The second-order valence-electron chi connectivity index (χ2n) is 5.42. The van der Waals surface area contributed by atoms with Gasteiger partial charge in [-0.25, -0.2) is 0 Å². The summed E-state index contributed by atoms with van der Waals surface area (Å²) in [6.45, 7) is 0. The van der Waals surface area contributed by atoms with Crippen LogP contribution in [0.3, 0.4) is 0 Å². The molecule has 6 nitrogen and oxygen atoms in total. The fourth-order valence-electron chi connectivity index (χ4n) is 2.53. The first-order chi connectivity index (χ1) is 12.6. The Morgan fingerprint density at radius 2 is 1.81 bits per heavy atom. The van der Waals surface area contributed by atoms with E-state index in [9.17, 15) is 4.79 Å². The third-order valence-corrected chi connectivity index (χ3v) is 3.81. The smallest absolute Gasteiger partial charge is 0.248 e. The SMILES string of the molecule is COc1ccc(NC(=O)/C=C/c2cc3cccc(OC)c3o2)c(OC)c1. The molecular formula is C20H19NO5. The zero-order valence-corrected chi connectivity index (χ0v) is 14.7. The highest BCUT2D eigenvalue weighted by Gasteiger charge is 2.09. The van der Waals surface area contributed by atoms with Gasteiger partial charge in [0.15, 0.2) is 11.3 Å². The van der Waals surface area contributed by atoms with Gasteiger partial charge < -0.3 is 23.9 Å². The van der Waals surface area contributed by atoms with E-state index < -0.39 is 0 Å². The third kappa shape index (κ3) is 3.64. The molecule has 1 heterocycles. The van der Waals surface area contributed by atoms with Crippen LogP contribution in [0, 0.1) is 0 Å². The molecule has 6 heteroatoms. The van der Waals surface area contributed by atoms with Gasteiger partial charge in [0.05, 0.1) is 27.0 Å². The standard InChI is InChI=1S/C20H19NO5/c1-23-14-7-9-16(18(12-14)25-3)21-19(22)10-8-15-11-13-5-4-6-17(24-2)20(13)26-15/h4-12H,1-3H3,(H,21,22)/b10-8+. The minimum atomic E-state index is -0.305. The molecule has 0 aliphatic carbocycles. The number of anilines is 1. The lowest BCUT2D eigenvalue weighted by Gasteiger charge is -2.10. The molecule has 0 fully saturated rings. The number of carbonyl (C=O) groups is 1. The van der Waals surface area contributed by atoms with Crippen molar-refractivity contribution in [1.82, 2.24) is 0 Å². The van der Waals surface area contributed by atoms with E-state index in [-0.39, 0.29) is 5.91 Å². The van der Waals surface area contributed by atoms with Gasteiger partial charge in [0.25, 0.3) is 0 Å². The predicted molar refractivity (Wildman–Crippen MR) is 100.0 cm³/mol. The number of fused-ring (bicyclic) bond motifs is 1. The van der Waals surface area contributed by atoms with Gasteiger partial charge >= 0.3 is 0 Å². The maximum atomic E-state index is 12.2. The largest absolute Gasteiger partial charge is 0.497 e. The fraction of sp³-hybridized carbons (Fsp3) is 0.150. The van der Waals surface area contributed by atoms with Crippen molar-refractivity contribution in [3.63, 3.8) is 0 Å². The Morgan fingerprint density at radius 3 is 2.54 bits per heavy atom. The molecular weight excluding hydrogens is 334 g/mol. The van der Waals surface area contributed by atoms with Crippen LogP contribution >= 0.6 is 0 Å². The van der Waals surface area contributed by atoms with Crippen LogP contribution in [-0.4, -0.2) is 27.2 Å². The maximum Gasteiger partial charge on any atom is 0.248 e. The number of methoxy groups -OCH3 is 3. The summed E-state index contributed by atoms with van der Waals surface area (Å²) in [7, 11) is 4.68. The van der Waals surface area contributed by atoms with Gasteiger partial charge in [-0.15, -0.1) is 0 Å². The maximum absolute atomic E-state index is 12.2. The summed E-state index contributed by atoms with van der Waals surface area (Å²) in [5.41, 5.74) is 1.20. The van der Waals surface area contributed by atoms with Crippen molar-refractivity contribution in [2.45, 2.75) is 0 Å². The highest BCUT2D eigenvalue weighted by atomic mass is 16.5. The zero-order chi connectivity index (χ0) is 18.5. The average molecular weight is 353 g/mol. The second-order valence-corrected chi connectivity index (χ2v) is 5.42. The van der Waals surface area contributed by atoms with Crippen LogP contribution in [0.5, 0.6) is 17.2 Å². The average Bonchev–Trinajstić information content (AvgIpc) is 3.09. The predicted octanol–water partition coefficient (Wildman–Crippen LogP) is 4.11. The highest BCUT2D eigenvalue weighted by molar-refractivity contribution is 6.03. The van der Waals surface area contributed by atoms with Crippen molar-refractivity contribution in [3.05, 3.63) is 54.3 Å². The van der Waals surface area contributed by atoms with Crippen molar-refractivity contribution in [1.29, 1.82) is 0 Å². The van der Waals surface area contributed by atoms with E-state index in [4.69, 9.17) is 18.6 Å². The molecule has 0 bridgehead atoms. The molecule has 0 unspecified atom stereocenters. The Hall–Kier alpha value is -3.41. The van der Waals surface area contributed by atoms with Crippen LogP contribution in [0.4, 0.5) is 5.69 Å². The van der Waals surface area contributed by atoms with E-state index in [1.165, 1.54) is 13.2 Å². The van der Waals surface area contributed by atoms with Crippen LogP contribution in [0.25, 0.3) is 17.0 Å². The number of hydrogen-bond donors (Lipinski definition) is 1. The lowest BCUT2D eigenvalue weighted by Crippen LogP contribution is -2.08. The summed E-state index contributed by atoms with van der Waals surface area (Å²) >= 11 is 0. The number of benzene rings is 2. The molecule has 1 aromatic heterocycles. The van der Waals surface area contributed by atoms with E-state index in [1.54, 1.807) is 38.5 Å². The molecule has 0 saturated carbocycles. The van der Waals surface area contributed by atoms with Crippen molar-refractivity contribution < 1.29 is 23.4 Å². The van der Waals surface area contributed by atoms with Crippen LogP contribution in [0.2, 0.25) is 0 Å². The van der Waals surface area contributed by atoms with Gasteiger partial charge in [-0.1, -0.05) is 12.1 Å². The minimum Gasteiger partial charge on any atom is -0.497 e. The number of nitrogens with one attached hydrogen (secondary N) is 1. The van der Waals surface area contributed by atoms with Gasteiger partial charge in [-0.2, -0.15) is 0 Å². The summed E-state index contributed by atoms with van der Waals surface area (Å²) < 4.78 is 21.4. The van der Waals surface area contributed by atoms with E-state index in [2.05, 4.69) is 5.32 Å². The van der Waals surface area contributed by atoms with E-state index in [0.717, 1.165) is 5.39 Å². The minimum absolute atomic E-state index is 0.305. The Kier molecular flexibility index (Phi) is 5.12. The van der Waals surface area contributed by atoms with Gasteiger partial charge in [0.1, 0.15) is 17.3 Å². The Balaban J connectivity index is 1.76. The summed E-state index contributed by atoms with van der Waals surface area (Å²) in [5, 5.41) is 3.67. The molecule has 134 valence electrons. The number of amides is 1. The molecule has 1 amide bonds. The number of furan rings is 1. The molecule has 0 saturated heterocycles. The molecule has 0 radical (unpaired) electrons. The Bertz CT molecular complexity index is 958. The van der Waals surface area contributed by atoms with Crippen LogP contribution in [0.15, 0.2) is 53.0 Å². The van der Waals surface area contributed by atoms with Gasteiger partial charge in [0, 0.05) is 17.5 Å². The monoisotopic (exact) mass is 353 g/mol. The van der Waals surface area contributed by atoms with Crippen molar-refractivity contribution in [3.8, 4) is 17.2 Å². The molecule has 0 aliphatic rings. The first kappa shape index (κ1) is 17.4. The van der Waals surface area contributed by atoms with E-state index in [1.807, 2.05) is 24.3 Å². The summed E-state index contributed by atoms with van der Waals surface area (Å²) in [5.74, 6) is 2.06. The summed E-state index contributed by atoms with van der Waals surface area (Å²) in [4.78, 5) is 12.2. The fourth-order valence-corrected chi connectivity index (χ4v) is 2.53. The van der Waals surface area contributed by atoms with Crippen LogP contribution in [-0.2, 0) is 4.79 Å². The molecule has 1 N–H and O–H groups in total. The number of para-hydroxylation sites is 1. The second kappa shape index (κ2) is 7.65.